The van der Waals surface area contributed by atoms with Crippen LogP contribution in [0.3, 0.4) is 0 Å². The van der Waals surface area contributed by atoms with Crippen LogP contribution in [-0.4, -0.2) is 14.8 Å². The smallest absolute Gasteiger partial charge is 0.343 e. The molecule has 1 aromatic carbocycles. The van der Waals surface area contributed by atoms with Crippen molar-refractivity contribution >= 4 is 17.4 Å². The number of hydrogen-bond donors (Lipinski definition) is 2. The second kappa shape index (κ2) is 5.63. The Morgan fingerprint density at radius 1 is 1.58 bits per heavy atom. The van der Waals surface area contributed by atoms with Crippen molar-refractivity contribution in [3.63, 3.8) is 0 Å². The average Bonchev–Trinajstić information content (AvgIpc) is 2.74. The number of nitrogens with two attached hydrogens (primary N) is 1. The maximum atomic E-state index is 11.6. The summed E-state index contributed by atoms with van der Waals surface area (Å²) in [6.45, 7) is 2.58. The zero-order chi connectivity index (χ0) is 13.8. The van der Waals surface area contributed by atoms with Crippen LogP contribution in [0.2, 0.25) is 0 Å². The van der Waals surface area contributed by atoms with E-state index in [-0.39, 0.29) is 5.69 Å². The largest absolute Gasteiger partial charge is 0.398 e. The first kappa shape index (κ1) is 13.2. The van der Waals surface area contributed by atoms with Crippen LogP contribution in [-0.2, 0) is 6.54 Å². The Kier molecular flexibility index (Phi) is 3.92. The Hall–Kier alpha value is -2.20. The van der Waals surface area contributed by atoms with Gasteiger partial charge in [0.15, 0.2) is 5.16 Å². The van der Waals surface area contributed by atoms with Crippen molar-refractivity contribution in [3.05, 3.63) is 34.2 Å². The normalized spacial score (nSPS) is 10.3. The molecular weight excluding hydrogens is 262 g/mol. The summed E-state index contributed by atoms with van der Waals surface area (Å²) in [4.78, 5) is 12.3. The van der Waals surface area contributed by atoms with Crippen molar-refractivity contribution in [1.29, 1.82) is 5.26 Å². The third-order valence-corrected chi connectivity index (χ3v) is 3.58. The van der Waals surface area contributed by atoms with E-state index in [1.807, 2.05) is 6.92 Å². The number of anilines is 1. The molecule has 7 heteroatoms. The second-order valence-corrected chi connectivity index (χ2v) is 4.94. The zero-order valence-electron chi connectivity index (χ0n) is 10.4. The topological polar surface area (TPSA) is 100 Å². The van der Waals surface area contributed by atoms with E-state index < -0.39 is 0 Å². The van der Waals surface area contributed by atoms with E-state index in [4.69, 9.17) is 11.0 Å². The summed E-state index contributed by atoms with van der Waals surface area (Å²) in [6, 6.07) is 7.08. The molecule has 2 rings (SSSR count). The van der Waals surface area contributed by atoms with Crippen LogP contribution in [0.4, 0.5) is 5.69 Å². The molecule has 0 atom stereocenters. The predicted molar refractivity (Wildman–Crippen MR) is 72.8 cm³/mol. The lowest BCUT2D eigenvalue weighted by atomic mass is 10.2. The first-order valence-corrected chi connectivity index (χ1v) is 6.60. The number of rotatable bonds is 4. The van der Waals surface area contributed by atoms with E-state index in [2.05, 4.69) is 16.3 Å². The third kappa shape index (κ3) is 2.80. The van der Waals surface area contributed by atoms with Gasteiger partial charge < -0.3 is 5.73 Å². The van der Waals surface area contributed by atoms with Gasteiger partial charge in [-0.3, -0.25) is 4.57 Å². The van der Waals surface area contributed by atoms with Gasteiger partial charge in [0.05, 0.1) is 11.6 Å². The van der Waals surface area contributed by atoms with Crippen molar-refractivity contribution in [3.8, 4) is 6.07 Å². The molecule has 0 aliphatic carbocycles. The second-order valence-electron chi connectivity index (χ2n) is 3.93. The summed E-state index contributed by atoms with van der Waals surface area (Å²) >= 11 is 1.28. The quantitative estimate of drug-likeness (QED) is 0.825. The number of hydrogen-bond acceptors (Lipinski definition) is 5. The number of H-pyrrole nitrogens is 1. The van der Waals surface area contributed by atoms with Gasteiger partial charge in [-0.1, -0.05) is 6.92 Å². The molecule has 6 nitrogen and oxygen atoms in total. The molecule has 0 bridgehead atoms. The van der Waals surface area contributed by atoms with Crippen molar-refractivity contribution in [1.82, 2.24) is 14.8 Å². The van der Waals surface area contributed by atoms with Gasteiger partial charge in [-0.25, -0.2) is 9.89 Å². The van der Waals surface area contributed by atoms with Crippen LogP contribution < -0.4 is 11.4 Å². The Morgan fingerprint density at radius 3 is 3.05 bits per heavy atom. The molecule has 98 valence electrons. The number of nitriles is 1. The summed E-state index contributed by atoms with van der Waals surface area (Å²) in [7, 11) is 0. The number of aromatic nitrogens is 3. The van der Waals surface area contributed by atoms with Crippen LogP contribution in [0.5, 0.6) is 0 Å². The molecule has 1 aromatic heterocycles. The first-order chi connectivity index (χ1) is 9.15. The lowest BCUT2D eigenvalue weighted by Gasteiger charge is -2.06. The third-order valence-electron chi connectivity index (χ3n) is 2.51. The van der Waals surface area contributed by atoms with Crippen LogP contribution in [0.25, 0.3) is 0 Å². The fraction of sp³-hybridized carbons (Fsp3) is 0.250. The molecule has 2 aromatic rings. The van der Waals surface area contributed by atoms with Crippen LogP contribution in [0, 0.1) is 11.3 Å². The Bertz CT molecular complexity index is 682. The fourth-order valence-electron chi connectivity index (χ4n) is 1.59. The monoisotopic (exact) mass is 275 g/mol. The van der Waals surface area contributed by atoms with E-state index in [1.165, 1.54) is 11.8 Å². The molecule has 0 unspecified atom stereocenters. The van der Waals surface area contributed by atoms with E-state index >= 15 is 0 Å². The highest BCUT2D eigenvalue weighted by atomic mass is 32.2. The Morgan fingerprint density at radius 2 is 2.37 bits per heavy atom. The van der Waals surface area contributed by atoms with Gasteiger partial charge in [0.1, 0.15) is 0 Å². The molecule has 0 fully saturated rings. The lowest BCUT2D eigenvalue weighted by Crippen LogP contribution is -2.17. The molecule has 0 saturated carbocycles. The van der Waals surface area contributed by atoms with E-state index in [9.17, 15) is 4.79 Å². The molecule has 0 aliphatic rings. The van der Waals surface area contributed by atoms with Crippen LogP contribution in [0.1, 0.15) is 18.9 Å². The van der Waals surface area contributed by atoms with Crippen molar-refractivity contribution in [2.75, 3.05) is 5.73 Å². The Labute approximate surface area is 114 Å². The van der Waals surface area contributed by atoms with E-state index in [0.29, 0.717) is 23.0 Å². The van der Waals surface area contributed by atoms with Gasteiger partial charge >= 0.3 is 5.69 Å². The van der Waals surface area contributed by atoms with Gasteiger partial charge in [0.2, 0.25) is 0 Å². The number of benzene rings is 1. The standard InChI is InChI=1S/C12H13N5OS/c1-2-5-17-11(18)15-16-12(17)19-10-6-8(7-13)3-4-9(10)14/h3-4,6H,2,5,14H2,1H3,(H,15,18). The average molecular weight is 275 g/mol. The molecule has 0 amide bonds. The summed E-state index contributed by atoms with van der Waals surface area (Å²) < 4.78 is 1.56. The number of nitrogens with zero attached hydrogens (tertiary/aromatic N) is 3. The predicted octanol–water partition coefficient (Wildman–Crippen LogP) is 1.59. The number of aromatic amines is 1. The molecule has 3 N–H and O–H groups in total. The van der Waals surface area contributed by atoms with Crippen molar-refractivity contribution in [2.24, 2.45) is 0 Å². The van der Waals surface area contributed by atoms with Gasteiger partial charge in [-0.2, -0.15) is 5.26 Å². The maximum Gasteiger partial charge on any atom is 0.343 e. The minimum atomic E-state index is -0.237. The molecule has 1 heterocycles. The molecule has 0 saturated heterocycles. The molecule has 0 spiro atoms. The van der Waals surface area contributed by atoms with Crippen molar-refractivity contribution < 1.29 is 0 Å². The van der Waals surface area contributed by atoms with Crippen LogP contribution >= 0.6 is 11.8 Å². The highest BCUT2D eigenvalue weighted by Gasteiger charge is 2.11. The summed E-state index contributed by atoms with van der Waals surface area (Å²) in [6.07, 6.45) is 0.834. The lowest BCUT2D eigenvalue weighted by molar-refractivity contribution is 0.604. The molecule has 0 aliphatic heterocycles. The van der Waals surface area contributed by atoms with Crippen molar-refractivity contribution in [2.45, 2.75) is 29.9 Å². The van der Waals surface area contributed by atoms with E-state index in [0.717, 1.165) is 11.3 Å². The van der Waals surface area contributed by atoms with Crippen LogP contribution in [0.15, 0.2) is 33.0 Å². The summed E-state index contributed by atoms with van der Waals surface area (Å²) in [5.74, 6) is 0. The van der Waals surface area contributed by atoms with Gasteiger partial charge in [0.25, 0.3) is 0 Å². The first-order valence-electron chi connectivity index (χ1n) is 5.78. The fourth-order valence-corrected chi connectivity index (χ4v) is 2.54. The molecule has 19 heavy (non-hydrogen) atoms. The summed E-state index contributed by atoms with van der Waals surface area (Å²) in [5.41, 5.74) is 6.71. The minimum Gasteiger partial charge on any atom is -0.398 e. The number of nitrogens with one attached hydrogen (secondary N) is 1. The zero-order valence-corrected chi connectivity index (χ0v) is 11.2. The van der Waals surface area contributed by atoms with Gasteiger partial charge in [0, 0.05) is 17.1 Å². The molecular formula is C12H13N5OS. The van der Waals surface area contributed by atoms with Gasteiger partial charge in [-0.05, 0) is 36.4 Å². The highest BCUT2D eigenvalue weighted by molar-refractivity contribution is 7.99. The van der Waals surface area contributed by atoms with Gasteiger partial charge in [-0.15, -0.1) is 5.10 Å². The number of nitrogen functional groups attached to an aromatic ring is 1. The minimum absolute atomic E-state index is 0.237. The van der Waals surface area contributed by atoms with E-state index in [1.54, 1.807) is 22.8 Å². The summed E-state index contributed by atoms with van der Waals surface area (Å²) in [5, 5.41) is 15.8. The Balaban J connectivity index is 2.36. The molecule has 0 radical (unpaired) electrons. The highest BCUT2D eigenvalue weighted by Crippen LogP contribution is 2.30. The maximum absolute atomic E-state index is 11.6. The SMILES string of the molecule is CCCn1c(Sc2cc(C#N)ccc2N)n[nH]c1=O.